The molecule has 0 N–H and O–H groups in total. The molecule has 0 saturated carbocycles. The highest BCUT2D eigenvalue weighted by atomic mass is 16.5. The lowest BCUT2D eigenvalue weighted by Gasteiger charge is -2.20. The summed E-state index contributed by atoms with van der Waals surface area (Å²) in [6.45, 7) is 3.83. The number of rotatable bonds is 3. The van der Waals surface area contributed by atoms with Gasteiger partial charge in [0.05, 0.1) is 13.0 Å². The van der Waals surface area contributed by atoms with E-state index in [1.807, 2.05) is 30.0 Å². The van der Waals surface area contributed by atoms with E-state index >= 15 is 0 Å². The Labute approximate surface area is 125 Å². The van der Waals surface area contributed by atoms with Crippen LogP contribution in [0.4, 0.5) is 0 Å². The third-order valence-electron chi connectivity index (χ3n) is 4.36. The summed E-state index contributed by atoms with van der Waals surface area (Å²) in [5.41, 5.74) is 1.09. The van der Waals surface area contributed by atoms with Gasteiger partial charge in [-0.3, -0.25) is 4.79 Å². The number of hydrogen-bond acceptors (Lipinski definition) is 2. The normalized spacial score (nSPS) is 16.2. The largest absolute Gasteiger partial charge is 0.497 e. The first-order chi connectivity index (χ1) is 10.2. The van der Waals surface area contributed by atoms with Crippen LogP contribution in [0.5, 0.6) is 5.75 Å². The highest BCUT2D eigenvalue weighted by Crippen LogP contribution is 2.26. The molecule has 0 unspecified atom stereocenters. The number of amides is 1. The van der Waals surface area contributed by atoms with Crippen molar-refractivity contribution in [3.63, 3.8) is 0 Å². The first-order valence-corrected chi connectivity index (χ1v) is 7.55. The van der Waals surface area contributed by atoms with Gasteiger partial charge >= 0.3 is 0 Å². The molecule has 0 aromatic heterocycles. The second kappa shape index (κ2) is 5.76. The standard InChI is InChI=1S/C18H21NO2/c1-13(18(20)19-9-3-4-10-19)14-5-6-16-12-17(21-2)8-7-15(16)11-14/h5-8,11-13H,3-4,9-10H2,1-2H3/t13-/m1/s1. The van der Waals surface area contributed by atoms with Gasteiger partial charge in [0.25, 0.3) is 0 Å². The molecule has 0 bridgehead atoms. The van der Waals surface area contributed by atoms with Crippen molar-refractivity contribution >= 4 is 16.7 Å². The van der Waals surface area contributed by atoms with Crippen LogP contribution in [-0.4, -0.2) is 31.0 Å². The van der Waals surface area contributed by atoms with Crippen molar-refractivity contribution in [2.45, 2.75) is 25.7 Å². The molecule has 1 fully saturated rings. The summed E-state index contributed by atoms with van der Waals surface area (Å²) in [5, 5.41) is 2.29. The molecule has 1 aliphatic heterocycles. The Hall–Kier alpha value is -2.03. The zero-order valence-electron chi connectivity index (χ0n) is 12.6. The first kappa shape index (κ1) is 13.9. The lowest BCUT2D eigenvalue weighted by Crippen LogP contribution is -2.31. The molecule has 110 valence electrons. The maximum absolute atomic E-state index is 12.5. The molecule has 3 rings (SSSR count). The molecular weight excluding hydrogens is 262 g/mol. The van der Waals surface area contributed by atoms with E-state index < -0.39 is 0 Å². The van der Waals surface area contributed by atoms with E-state index in [1.54, 1.807) is 7.11 Å². The quantitative estimate of drug-likeness (QED) is 0.861. The third kappa shape index (κ3) is 2.73. The highest BCUT2D eigenvalue weighted by molar-refractivity contribution is 5.88. The number of fused-ring (bicyclic) bond motifs is 1. The number of ether oxygens (including phenoxy) is 1. The van der Waals surface area contributed by atoms with Crippen LogP contribution in [0, 0.1) is 0 Å². The minimum atomic E-state index is -0.0744. The summed E-state index contributed by atoms with van der Waals surface area (Å²) >= 11 is 0. The van der Waals surface area contributed by atoms with Crippen LogP contribution in [0.3, 0.4) is 0 Å². The SMILES string of the molecule is COc1ccc2cc([C@@H](C)C(=O)N3CCCC3)ccc2c1. The molecule has 1 atom stereocenters. The summed E-state index contributed by atoms with van der Waals surface area (Å²) in [5.74, 6) is 1.03. The number of methoxy groups -OCH3 is 1. The number of likely N-dealkylation sites (tertiary alicyclic amines) is 1. The Balaban J connectivity index is 1.87. The Bertz CT molecular complexity index is 659. The van der Waals surface area contributed by atoms with Crippen molar-refractivity contribution < 1.29 is 9.53 Å². The molecule has 2 aromatic carbocycles. The van der Waals surface area contributed by atoms with E-state index in [0.717, 1.165) is 48.0 Å². The smallest absolute Gasteiger partial charge is 0.229 e. The fraction of sp³-hybridized carbons (Fsp3) is 0.389. The van der Waals surface area contributed by atoms with Gasteiger partial charge in [-0.25, -0.2) is 0 Å². The van der Waals surface area contributed by atoms with Gasteiger partial charge in [-0.2, -0.15) is 0 Å². The van der Waals surface area contributed by atoms with E-state index in [2.05, 4.69) is 18.2 Å². The average molecular weight is 283 g/mol. The van der Waals surface area contributed by atoms with Crippen LogP contribution in [0.15, 0.2) is 36.4 Å². The van der Waals surface area contributed by atoms with E-state index in [9.17, 15) is 4.79 Å². The third-order valence-corrected chi connectivity index (χ3v) is 4.36. The molecule has 1 saturated heterocycles. The highest BCUT2D eigenvalue weighted by Gasteiger charge is 2.24. The number of hydrogen-bond donors (Lipinski definition) is 0. The second-order valence-corrected chi connectivity index (χ2v) is 5.73. The lowest BCUT2D eigenvalue weighted by atomic mass is 9.96. The van der Waals surface area contributed by atoms with Crippen LogP contribution in [-0.2, 0) is 4.79 Å². The van der Waals surface area contributed by atoms with Crippen LogP contribution in [0.25, 0.3) is 10.8 Å². The van der Waals surface area contributed by atoms with Gasteiger partial charge in [0.15, 0.2) is 0 Å². The molecule has 1 amide bonds. The Morgan fingerprint density at radius 2 is 1.76 bits per heavy atom. The molecule has 21 heavy (non-hydrogen) atoms. The van der Waals surface area contributed by atoms with E-state index in [-0.39, 0.29) is 11.8 Å². The fourth-order valence-corrected chi connectivity index (χ4v) is 2.99. The maximum Gasteiger partial charge on any atom is 0.229 e. The predicted molar refractivity (Wildman–Crippen MR) is 84.7 cm³/mol. The number of nitrogens with zero attached hydrogens (tertiary/aromatic N) is 1. The molecule has 0 spiro atoms. The van der Waals surface area contributed by atoms with Crippen LogP contribution in [0.1, 0.15) is 31.2 Å². The lowest BCUT2D eigenvalue weighted by molar-refractivity contribution is -0.131. The van der Waals surface area contributed by atoms with Crippen LogP contribution in [0.2, 0.25) is 0 Å². The van der Waals surface area contributed by atoms with Gasteiger partial charge < -0.3 is 9.64 Å². The summed E-state index contributed by atoms with van der Waals surface area (Å²) in [6, 6.07) is 12.3. The molecule has 0 aliphatic carbocycles. The average Bonchev–Trinajstić information content (AvgIpc) is 3.06. The van der Waals surface area contributed by atoms with Crippen molar-refractivity contribution in [3.8, 4) is 5.75 Å². The van der Waals surface area contributed by atoms with Gasteiger partial charge in [0.2, 0.25) is 5.91 Å². The minimum Gasteiger partial charge on any atom is -0.497 e. The van der Waals surface area contributed by atoms with Crippen molar-refractivity contribution in [2.75, 3.05) is 20.2 Å². The van der Waals surface area contributed by atoms with Crippen molar-refractivity contribution in [2.24, 2.45) is 0 Å². The summed E-state index contributed by atoms with van der Waals surface area (Å²) in [7, 11) is 1.67. The zero-order chi connectivity index (χ0) is 14.8. The topological polar surface area (TPSA) is 29.5 Å². The number of benzene rings is 2. The fourth-order valence-electron chi connectivity index (χ4n) is 2.99. The second-order valence-electron chi connectivity index (χ2n) is 5.73. The van der Waals surface area contributed by atoms with Gasteiger partial charge in [-0.1, -0.05) is 24.3 Å². The van der Waals surface area contributed by atoms with Crippen molar-refractivity contribution in [3.05, 3.63) is 42.0 Å². The van der Waals surface area contributed by atoms with Crippen molar-refractivity contribution in [1.82, 2.24) is 4.90 Å². The van der Waals surface area contributed by atoms with Crippen molar-refractivity contribution in [1.29, 1.82) is 0 Å². The number of carbonyl (C=O) groups excluding carboxylic acids is 1. The molecule has 1 aliphatic rings. The van der Waals surface area contributed by atoms with E-state index in [4.69, 9.17) is 4.74 Å². The minimum absolute atomic E-state index is 0.0744. The number of carbonyl (C=O) groups is 1. The van der Waals surface area contributed by atoms with Gasteiger partial charge in [0.1, 0.15) is 5.75 Å². The molecule has 2 aromatic rings. The molecule has 1 heterocycles. The van der Waals surface area contributed by atoms with Crippen LogP contribution >= 0.6 is 0 Å². The Morgan fingerprint density at radius 3 is 2.48 bits per heavy atom. The summed E-state index contributed by atoms with van der Waals surface area (Å²) in [6.07, 6.45) is 2.27. The first-order valence-electron chi connectivity index (χ1n) is 7.55. The monoisotopic (exact) mass is 283 g/mol. The van der Waals surface area contributed by atoms with E-state index in [1.165, 1.54) is 0 Å². The Kier molecular flexibility index (Phi) is 3.82. The van der Waals surface area contributed by atoms with Gasteiger partial charge in [0, 0.05) is 13.1 Å². The van der Waals surface area contributed by atoms with Crippen LogP contribution < -0.4 is 4.74 Å². The zero-order valence-corrected chi connectivity index (χ0v) is 12.6. The molecule has 0 radical (unpaired) electrons. The van der Waals surface area contributed by atoms with Gasteiger partial charge in [-0.05, 0) is 48.2 Å². The van der Waals surface area contributed by atoms with Gasteiger partial charge in [-0.15, -0.1) is 0 Å². The summed E-state index contributed by atoms with van der Waals surface area (Å²) in [4.78, 5) is 14.5. The summed E-state index contributed by atoms with van der Waals surface area (Å²) < 4.78 is 5.24. The predicted octanol–water partition coefficient (Wildman–Crippen LogP) is 3.57. The Morgan fingerprint density at radius 1 is 1.10 bits per heavy atom. The van der Waals surface area contributed by atoms with E-state index in [0.29, 0.717) is 0 Å². The molecular formula is C18H21NO2. The molecule has 3 heteroatoms. The maximum atomic E-state index is 12.5. The molecule has 3 nitrogen and oxygen atoms in total.